The minimum Gasteiger partial charge on any atom is -0.481 e. The first-order valence-corrected chi connectivity index (χ1v) is 8.30. The summed E-state index contributed by atoms with van der Waals surface area (Å²) in [5.41, 5.74) is 0. The highest BCUT2D eigenvalue weighted by Crippen LogP contribution is 2.34. The van der Waals surface area contributed by atoms with Gasteiger partial charge in [-0.25, -0.2) is 8.42 Å². The maximum Gasteiger partial charge on any atom is 0.306 e. The molecule has 0 atom stereocenters. The number of carbonyl (C=O) groups is 1. The predicted molar refractivity (Wildman–Crippen MR) is 69.6 cm³/mol. The number of aliphatic carboxylic acids is 1. The van der Waals surface area contributed by atoms with Gasteiger partial charge in [0.15, 0.2) is 9.84 Å². The van der Waals surface area contributed by atoms with Gasteiger partial charge in [-0.05, 0) is 44.7 Å². The van der Waals surface area contributed by atoms with Crippen LogP contribution < -0.4 is 0 Å². The fourth-order valence-corrected chi connectivity index (χ4v) is 5.69. The van der Waals surface area contributed by atoms with Gasteiger partial charge in [-0.2, -0.15) is 0 Å². The van der Waals surface area contributed by atoms with Gasteiger partial charge in [0.2, 0.25) is 0 Å². The molecule has 0 aromatic carbocycles. The number of carboxylic acids is 1. The first kappa shape index (κ1) is 13.5. The van der Waals surface area contributed by atoms with Crippen molar-refractivity contribution in [3.05, 3.63) is 17.0 Å². The second-order valence-corrected chi connectivity index (χ2v) is 8.46. The van der Waals surface area contributed by atoms with E-state index in [9.17, 15) is 13.2 Å². The third-order valence-electron chi connectivity index (χ3n) is 3.46. The standard InChI is InChI=1S/C12H16O4S2/c1-8-2-7-11(17-8)18(15,16)10-5-3-9(4-6-10)12(13)14/h2,7,9-10H,3-6H2,1H3,(H,13,14). The van der Waals surface area contributed by atoms with Crippen LogP contribution in [0.3, 0.4) is 0 Å². The molecule has 1 saturated carbocycles. The zero-order valence-electron chi connectivity index (χ0n) is 10.1. The lowest BCUT2D eigenvalue weighted by atomic mass is 9.89. The molecule has 0 bridgehead atoms. The average molecular weight is 288 g/mol. The molecule has 1 N–H and O–H groups in total. The van der Waals surface area contributed by atoms with Gasteiger partial charge in [-0.1, -0.05) is 0 Å². The van der Waals surface area contributed by atoms with Crippen LogP contribution in [-0.2, 0) is 14.6 Å². The Labute approximate surface area is 111 Å². The van der Waals surface area contributed by atoms with E-state index in [1.54, 1.807) is 12.1 Å². The molecule has 0 aliphatic heterocycles. The largest absolute Gasteiger partial charge is 0.481 e. The lowest BCUT2D eigenvalue weighted by molar-refractivity contribution is -0.142. The Morgan fingerprint density at radius 3 is 2.33 bits per heavy atom. The van der Waals surface area contributed by atoms with Gasteiger partial charge in [-0.3, -0.25) is 4.79 Å². The Morgan fingerprint density at radius 1 is 1.28 bits per heavy atom. The van der Waals surface area contributed by atoms with E-state index in [2.05, 4.69) is 0 Å². The maximum atomic E-state index is 12.3. The molecule has 6 heteroatoms. The molecular formula is C12H16O4S2. The van der Waals surface area contributed by atoms with Crippen molar-refractivity contribution in [3.8, 4) is 0 Å². The second-order valence-electron chi connectivity index (χ2n) is 4.72. The number of hydrogen-bond acceptors (Lipinski definition) is 4. The molecule has 4 nitrogen and oxygen atoms in total. The molecular weight excluding hydrogens is 272 g/mol. The summed E-state index contributed by atoms with van der Waals surface area (Å²) in [7, 11) is -3.26. The third kappa shape index (κ3) is 2.59. The normalized spacial score (nSPS) is 24.9. The highest BCUT2D eigenvalue weighted by Gasteiger charge is 2.34. The number of sulfone groups is 1. The summed E-state index contributed by atoms with van der Waals surface area (Å²) in [4.78, 5) is 11.8. The van der Waals surface area contributed by atoms with Crippen molar-refractivity contribution >= 4 is 27.1 Å². The van der Waals surface area contributed by atoms with Crippen molar-refractivity contribution in [2.24, 2.45) is 5.92 Å². The Kier molecular flexibility index (Phi) is 3.77. The summed E-state index contributed by atoms with van der Waals surface area (Å²) in [6.45, 7) is 1.88. The van der Waals surface area contributed by atoms with Crippen LogP contribution in [0, 0.1) is 12.8 Å². The van der Waals surface area contributed by atoms with Gasteiger partial charge in [0.05, 0.1) is 11.2 Å². The van der Waals surface area contributed by atoms with Gasteiger partial charge in [0, 0.05) is 4.88 Å². The lowest BCUT2D eigenvalue weighted by Gasteiger charge is -2.25. The van der Waals surface area contributed by atoms with Crippen LogP contribution in [0.5, 0.6) is 0 Å². The minimum absolute atomic E-state index is 0.374. The zero-order chi connectivity index (χ0) is 13.3. The van der Waals surface area contributed by atoms with E-state index in [1.807, 2.05) is 6.92 Å². The van der Waals surface area contributed by atoms with E-state index in [-0.39, 0.29) is 5.92 Å². The molecule has 1 fully saturated rings. The monoisotopic (exact) mass is 288 g/mol. The van der Waals surface area contributed by atoms with E-state index < -0.39 is 21.1 Å². The van der Waals surface area contributed by atoms with Crippen LogP contribution >= 0.6 is 11.3 Å². The van der Waals surface area contributed by atoms with E-state index >= 15 is 0 Å². The van der Waals surface area contributed by atoms with Crippen LogP contribution in [0.4, 0.5) is 0 Å². The SMILES string of the molecule is Cc1ccc(S(=O)(=O)C2CCC(C(=O)O)CC2)s1. The number of thiophene rings is 1. The third-order valence-corrected chi connectivity index (χ3v) is 7.25. The highest BCUT2D eigenvalue weighted by molar-refractivity contribution is 7.94. The second kappa shape index (κ2) is 5.01. The summed E-state index contributed by atoms with van der Waals surface area (Å²) in [5.74, 6) is -1.18. The molecule has 1 heterocycles. The first-order chi connectivity index (χ1) is 8.41. The van der Waals surface area contributed by atoms with E-state index in [1.165, 1.54) is 11.3 Å². The van der Waals surface area contributed by atoms with Crippen LogP contribution in [0.2, 0.25) is 0 Å². The van der Waals surface area contributed by atoms with Gasteiger partial charge < -0.3 is 5.11 Å². The van der Waals surface area contributed by atoms with E-state index in [0.29, 0.717) is 29.9 Å². The maximum absolute atomic E-state index is 12.3. The van der Waals surface area contributed by atoms with Gasteiger partial charge in [-0.15, -0.1) is 11.3 Å². The number of hydrogen-bond donors (Lipinski definition) is 1. The smallest absolute Gasteiger partial charge is 0.306 e. The number of aryl methyl sites for hydroxylation is 1. The average Bonchev–Trinajstić information content (AvgIpc) is 2.76. The lowest BCUT2D eigenvalue weighted by Crippen LogP contribution is -2.29. The van der Waals surface area contributed by atoms with Crippen LogP contribution in [0.1, 0.15) is 30.6 Å². The van der Waals surface area contributed by atoms with Gasteiger partial charge in [0.25, 0.3) is 0 Å². The number of carboxylic acid groups (broad SMARTS) is 1. The quantitative estimate of drug-likeness (QED) is 0.927. The zero-order valence-corrected chi connectivity index (χ0v) is 11.8. The fraction of sp³-hybridized carbons (Fsp3) is 0.583. The molecule has 2 rings (SSSR count). The molecule has 1 aliphatic carbocycles. The Balaban J connectivity index is 2.12. The molecule has 0 amide bonds. The summed E-state index contributed by atoms with van der Waals surface area (Å²) in [6, 6.07) is 3.46. The molecule has 0 saturated heterocycles. The van der Waals surface area contributed by atoms with E-state index in [4.69, 9.17) is 5.11 Å². The van der Waals surface area contributed by atoms with Crippen molar-refractivity contribution in [1.82, 2.24) is 0 Å². The molecule has 1 aromatic rings. The fourth-order valence-electron chi connectivity index (χ4n) is 2.35. The summed E-state index contributed by atoms with van der Waals surface area (Å²) in [6.07, 6.45) is 1.83. The Hall–Kier alpha value is -0.880. The molecule has 18 heavy (non-hydrogen) atoms. The van der Waals surface area contributed by atoms with Crippen LogP contribution in [0.25, 0.3) is 0 Å². The topological polar surface area (TPSA) is 71.4 Å². The van der Waals surface area contributed by atoms with E-state index in [0.717, 1.165) is 4.88 Å². The summed E-state index contributed by atoms with van der Waals surface area (Å²) < 4.78 is 25.1. The summed E-state index contributed by atoms with van der Waals surface area (Å²) in [5, 5.41) is 8.49. The Morgan fingerprint density at radius 2 is 1.89 bits per heavy atom. The van der Waals surface area contributed by atoms with Crippen molar-refractivity contribution in [2.75, 3.05) is 0 Å². The molecule has 1 aliphatic rings. The van der Waals surface area contributed by atoms with Gasteiger partial charge in [0.1, 0.15) is 4.21 Å². The predicted octanol–water partition coefficient (Wildman–Crippen LogP) is 2.47. The van der Waals surface area contributed by atoms with Crippen molar-refractivity contribution in [1.29, 1.82) is 0 Å². The van der Waals surface area contributed by atoms with Crippen LogP contribution in [0.15, 0.2) is 16.3 Å². The minimum atomic E-state index is -3.26. The summed E-state index contributed by atoms with van der Waals surface area (Å²) >= 11 is 1.29. The molecule has 1 aromatic heterocycles. The van der Waals surface area contributed by atoms with Crippen molar-refractivity contribution in [2.45, 2.75) is 42.1 Å². The van der Waals surface area contributed by atoms with Crippen LogP contribution in [-0.4, -0.2) is 24.7 Å². The highest BCUT2D eigenvalue weighted by atomic mass is 32.2. The molecule has 0 spiro atoms. The number of rotatable bonds is 3. The first-order valence-electron chi connectivity index (χ1n) is 5.94. The van der Waals surface area contributed by atoms with Crippen molar-refractivity contribution in [3.63, 3.8) is 0 Å². The van der Waals surface area contributed by atoms with Gasteiger partial charge >= 0.3 is 5.97 Å². The molecule has 0 unspecified atom stereocenters. The molecule has 100 valence electrons. The van der Waals surface area contributed by atoms with Crippen molar-refractivity contribution < 1.29 is 18.3 Å². The molecule has 0 radical (unpaired) electrons. The Bertz CT molecular complexity index is 536.